The lowest BCUT2D eigenvalue weighted by molar-refractivity contribution is -0.0597. The van der Waals surface area contributed by atoms with E-state index >= 15 is 0 Å². The Labute approximate surface area is 229 Å². The van der Waals surface area contributed by atoms with Gasteiger partial charge in [-0.2, -0.15) is 0 Å². The van der Waals surface area contributed by atoms with Crippen molar-refractivity contribution in [3.8, 4) is 5.75 Å². The van der Waals surface area contributed by atoms with Crippen LogP contribution in [0.5, 0.6) is 5.75 Å². The molecule has 0 unspecified atom stereocenters. The molecule has 0 amide bonds. The SMILES string of the molecule is CC(C)CCC[C@@H](C)[C@@H]1CC[C@@H]2[C@H]3CC=C4C[C@@H](OC(=O)Oc5ccc(F)cc5)CC[C@]4(C)[C@@H]3CC[C@@]21C. The average Bonchev–Trinajstić information content (AvgIpc) is 3.23. The summed E-state index contributed by atoms with van der Waals surface area (Å²) in [5, 5.41) is 0. The van der Waals surface area contributed by atoms with Gasteiger partial charge in [0.25, 0.3) is 0 Å². The number of benzene rings is 1. The number of hydrogen-bond acceptors (Lipinski definition) is 3. The van der Waals surface area contributed by atoms with E-state index in [-0.39, 0.29) is 17.3 Å². The minimum absolute atomic E-state index is 0.143. The molecule has 8 atom stereocenters. The Kier molecular flexibility index (Phi) is 8.00. The van der Waals surface area contributed by atoms with Crippen LogP contribution in [0.25, 0.3) is 0 Å². The molecule has 1 aromatic rings. The normalized spacial score (nSPS) is 37.0. The highest BCUT2D eigenvalue weighted by Gasteiger charge is 2.59. The molecular weight excluding hydrogens is 475 g/mol. The highest BCUT2D eigenvalue weighted by Crippen LogP contribution is 2.67. The van der Waals surface area contributed by atoms with Crippen LogP contribution >= 0.6 is 0 Å². The van der Waals surface area contributed by atoms with Crippen LogP contribution in [0.15, 0.2) is 35.9 Å². The Morgan fingerprint density at radius 2 is 1.76 bits per heavy atom. The van der Waals surface area contributed by atoms with Gasteiger partial charge >= 0.3 is 6.16 Å². The summed E-state index contributed by atoms with van der Waals surface area (Å²) >= 11 is 0. The monoisotopic (exact) mass is 524 g/mol. The van der Waals surface area contributed by atoms with Gasteiger partial charge in [0.15, 0.2) is 0 Å². The van der Waals surface area contributed by atoms with Crippen LogP contribution in [0, 0.1) is 52.2 Å². The molecule has 4 aliphatic carbocycles. The maximum Gasteiger partial charge on any atom is 0.514 e. The molecule has 38 heavy (non-hydrogen) atoms. The van der Waals surface area contributed by atoms with Crippen molar-refractivity contribution in [1.29, 1.82) is 0 Å². The summed E-state index contributed by atoms with van der Waals surface area (Å²) < 4.78 is 24.2. The Morgan fingerprint density at radius 3 is 2.50 bits per heavy atom. The molecule has 0 spiro atoms. The van der Waals surface area contributed by atoms with Gasteiger partial charge in [0.1, 0.15) is 17.7 Å². The Balaban J connectivity index is 1.21. The Hall–Kier alpha value is -1.84. The van der Waals surface area contributed by atoms with E-state index in [9.17, 15) is 9.18 Å². The van der Waals surface area contributed by atoms with Crippen molar-refractivity contribution in [1.82, 2.24) is 0 Å². The van der Waals surface area contributed by atoms with Gasteiger partial charge in [0.2, 0.25) is 0 Å². The van der Waals surface area contributed by atoms with Crippen LogP contribution in [0.3, 0.4) is 0 Å². The molecule has 4 heteroatoms. The molecule has 3 nitrogen and oxygen atoms in total. The highest BCUT2D eigenvalue weighted by atomic mass is 19.1. The van der Waals surface area contributed by atoms with Crippen molar-refractivity contribution in [3.05, 3.63) is 41.7 Å². The van der Waals surface area contributed by atoms with E-state index in [0.29, 0.717) is 11.2 Å². The Bertz CT molecular complexity index is 1020. The minimum atomic E-state index is -0.688. The number of allylic oxidation sites excluding steroid dienone is 1. The molecule has 0 aliphatic heterocycles. The third-order valence-electron chi connectivity index (χ3n) is 11.5. The summed E-state index contributed by atoms with van der Waals surface area (Å²) in [6.07, 6.45) is 15.4. The van der Waals surface area contributed by atoms with Gasteiger partial charge in [-0.3, -0.25) is 0 Å². The van der Waals surface area contributed by atoms with Crippen molar-refractivity contribution in [2.75, 3.05) is 0 Å². The molecule has 210 valence electrons. The molecule has 3 saturated carbocycles. The fourth-order valence-corrected chi connectivity index (χ4v) is 9.51. The molecule has 0 saturated heterocycles. The van der Waals surface area contributed by atoms with Crippen molar-refractivity contribution in [2.24, 2.45) is 46.3 Å². The molecule has 0 N–H and O–H groups in total. The molecule has 0 heterocycles. The van der Waals surface area contributed by atoms with Crippen LogP contribution in [-0.4, -0.2) is 12.3 Å². The van der Waals surface area contributed by atoms with Crippen LogP contribution in [0.4, 0.5) is 9.18 Å². The van der Waals surface area contributed by atoms with Gasteiger partial charge in [-0.1, -0.05) is 65.5 Å². The van der Waals surface area contributed by atoms with Crippen LogP contribution in [0.2, 0.25) is 0 Å². The van der Waals surface area contributed by atoms with E-state index < -0.39 is 6.16 Å². The van der Waals surface area contributed by atoms with E-state index in [0.717, 1.165) is 54.8 Å². The number of ether oxygens (including phenoxy) is 2. The zero-order valence-electron chi connectivity index (χ0n) is 24.3. The summed E-state index contributed by atoms with van der Waals surface area (Å²) in [6.45, 7) is 12.4. The van der Waals surface area contributed by atoms with Crippen LogP contribution < -0.4 is 4.74 Å². The summed E-state index contributed by atoms with van der Waals surface area (Å²) in [5.41, 5.74) is 2.24. The second kappa shape index (κ2) is 11.0. The van der Waals surface area contributed by atoms with E-state index in [2.05, 4.69) is 40.7 Å². The maximum absolute atomic E-state index is 13.1. The number of rotatable bonds is 7. The standard InChI is InChI=1S/C34H49FO3/c1-22(2)7-6-8-23(3)29-15-16-30-28-14-9-24-21-27(38-32(36)37-26-12-10-25(35)11-13-26)17-19-33(24,4)31(28)18-20-34(29,30)5/h9-13,22-23,27-31H,6-8,14-21H2,1-5H3/t23-,27+,28-,29+,30-,31-,33+,34-/m1/s1. The molecule has 1 aromatic carbocycles. The zero-order valence-corrected chi connectivity index (χ0v) is 24.3. The predicted octanol–water partition coefficient (Wildman–Crippen LogP) is 9.75. The molecule has 0 bridgehead atoms. The topological polar surface area (TPSA) is 35.5 Å². The highest BCUT2D eigenvalue weighted by molar-refractivity contribution is 5.64. The van der Waals surface area contributed by atoms with Crippen molar-refractivity contribution >= 4 is 6.16 Å². The van der Waals surface area contributed by atoms with Crippen molar-refractivity contribution in [3.63, 3.8) is 0 Å². The van der Waals surface area contributed by atoms with Crippen molar-refractivity contribution < 1.29 is 18.7 Å². The van der Waals surface area contributed by atoms with Crippen molar-refractivity contribution in [2.45, 2.75) is 111 Å². The third-order valence-corrected chi connectivity index (χ3v) is 11.5. The fraction of sp³-hybridized carbons (Fsp3) is 0.735. The lowest BCUT2D eigenvalue weighted by atomic mass is 9.47. The molecule has 0 aromatic heterocycles. The number of fused-ring (bicyclic) bond motifs is 5. The first-order valence-electron chi connectivity index (χ1n) is 15.4. The van der Waals surface area contributed by atoms with Crippen LogP contribution in [0.1, 0.15) is 105 Å². The first kappa shape index (κ1) is 27.7. The zero-order chi connectivity index (χ0) is 27.1. The van der Waals surface area contributed by atoms with Gasteiger partial charge in [-0.15, -0.1) is 0 Å². The predicted molar refractivity (Wildman–Crippen MR) is 150 cm³/mol. The summed E-state index contributed by atoms with van der Waals surface area (Å²) in [5.74, 6) is 4.91. The fourth-order valence-electron chi connectivity index (χ4n) is 9.51. The number of hydrogen-bond donors (Lipinski definition) is 0. The smallest absolute Gasteiger partial charge is 0.430 e. The largest absolute Gasteiger partial charge is 0.514 e. The first-order chi connectivity index (χ1) is 18.1. The molecule has 3 fully saturated rings. The van der Waals surface area contributed by atoms with Gasteiger partial charge in [0.05, 0.1) is 0 Å². The lowest BCUT2D eigenvalue weighted by Gasteiger charge is -2.58. The summed E-state index contributed by atoms with van der Waals surface area (Å²) in [4.78, 5) is 12.4. The second-order valence-electron chi connectivity index (χ2n) is 14.1. The number of carbonyl (C=O) groups excluding carboxylic acids is 1. The number of carbonyl (C=O) groups is 1. The average molecular weight is 525 g/mol. The minimum Gasteiger partial charge on any atom is -0.430 e. The second-order valence-corrected chi connectivity index (χ2v) is 14.1. The van der Waals surface area contributed by atoms with Gasteiger partial charge in [0, 0.05) is 6.42 Å². The molecule has 5 rings (SSSR count). The van der Waals surface area contributed by atoms with Gasteiger partial charge in [-0.25, -0.2) is 9.18 Å². The van der Waals surface area contributed by atoms with E-state index in [1.54, 1.807) is 0 Å². The summed E-state index contributed by atoms with van der Waals surface area (Å²) in [7, 11) is 0. The van der Waals surface area contributed by atoms with E-state index in [4.69, 9.17) is 9.47 Å². The van der Waals surface area contributed by atoms with E-state index in [1.807, 2.05) is 0 Å². The Morgan fingerprint density at radius 1 is 1.00 bits per heavy atom. The molecule has 4 aliphatic rings. The maximum atomic E-state index is 13.1. The quantitative estimate of drug-likeness (QED) is 0.202. The summed E-state index contributed by atoms with van der Waals surface area (Å²) in [6, 6.07) is 5.48. The van der Waals surface area contributed by atoms with Crippen LogP contribution in [-0.2, 0) is 4.74 Å². The first-order valence-corrected chi connectivity index (χ1v) is 15.4. The molecule has 0 radical (unpaired) electrons. The van der Waals surface area contributed by atoms with Gasteiger partial charge < -0.3 is 9.47 Å². The molecular formula is C34H49FO3. The van der Waals surface area contributed by atoms with E-state index in [1.165, 1.54) is 81.2 Å². The van der Waals surface area contributed by atoms with Gasteiger partial charge in [-0.05, 0) is 116 Å². The number of halogens is 1. The third kappa shape index (κ3) is 5.30. The lowest BCUT2D eigenvalue weighted by Crippen LogP contribution is -2.51.